The Labute approximate surface area is 255 Å². The van der Waals surface area contributed by atoms with Gasteiger partial charge in [0, 0.05) is 59.8 Å². The molecular weight excluding hydrogens is 567 g/mol. The first kappa shape index (κ1) is 28.1. The zero-order valence-corrected chi connectivity index (χ0v) is 25.7. The van der Waals surface area contributed by atoms with Crippen LogP contribution in [0, 0.1) is 24.1 Å². The van der Waals surface area contributed by atoms with Crippen molar-refractivity contribution in [2.45, 2.75) is 57.2 Å². The van der Waals surface area contributed by atoms with Crippen LogP contribution in [0.1, 0.15) is 43.9 Å². The maximum absolute atomic E-state index is 17.0. The van der Waals surface area contributed by atoms with E-state index in [2.05, 4.69) is 40.1 Å². The van der Waals surface area contributed by atoms with Crippen molar-refractivity contribution in [1.29, 1.82) is 5.26 Å². The summed E-state index contributed by atoms with van der Waals surface area (Å²) in [6, 6.07) is 8.40. The summed E-state index contributed by atoms with van der Waals surface area (Å²) in [6.45, 7) is 6.99. The van der Waals surface area contributed by atoms with Crippen molar-refractivity contribution in [3.05, 3.63) is 40.3 Å². The Balaban J connectivity index is 1.44. The number of anilines is 2. The van der Waals surface area contributed by atoms with Crippen LogP contribution in [0.3, 0.4) is 0 Å². The van der Waals surface area contributed by atoms with E-state index in [1.807, 2.05) is 24.6 Å². The van der Waals surface area contributed by atoms with E-state index >= 15 is 4.39 Å². The van der Waals surface area contributed by atoms with Gasteiger partial charge in [-0.25, -0.2) is 4.39 Å². The smallest absolute Gasteiger partial charge is 0.319 e. The average Bonchev–Trinajstić information content (AvgIpc) is 3.59. The number of halogens is 2. The van der Waals surface area contributed by atoms with Crippen LogP contribution in [0.2, 0.25) is 5.02 Å². The number of rotatable bonds is 5. The third kappa shape index (κ3) is 4.40. The monoisotopic (exact) mass is 602 g/mol. The van der Waals surface area contributed by atoms with Gasteiger partial charge in [0.15, 0.2) is 5.82 Å². The van der Waals surface area contributed by atoms with Crippen molar-refractivity contribution in [2.75, 3.05) is 43.9 Å². The summed E-state index contributed by atoms with van der Waals surface area (Å²) in [4.78, 5) is 14.1. The first-order chi connectivity index (χ1) is 20.6. The first-order valence-corrected chi connectivity index (χ1v) is 15.3. The largest absolute Gasteiger partial charge is 0.461 e. The molecular formula is C32H36ClFN8O. The highest BCUT2D eigenvalue weighted by atomic mass is 35.5. The first-order valence-electron chi connectivity index (χ1n) is 14.9. The van der Waals surface area contributed by atoms with Crippen LogP contribution >= 0.6 is 11.6 Å². The fourth-order valence-electron chi connectivity index (χ4n) is 7.32. The van der Waals surface area contributed by atoms with E-state index in [4.69, 9.17) is 27.1 Å². The van der Waals surface area contributed by atoms with E-state index in [1.54, 1.807) is 12.1 Å². The number of nitrogens with two attached hydrogens (primary N) is 1. The molecule has 7 rings (SSSR count). The molecule has 0 amide bonds. The van der Waals surface area contributed by atoms with Crippen molar-refractivity contribution in [2.24, 2.45) is 7.05 Å². The van der Waals surface area contributed by atoms with E-state index in [0.29, 0.717) is 52.1 Å². The number of fused-ring (bicyclic) bond motifs is 4. The zero-order chi connectivity index (χ0) is 30.2. The number of likely N-dealkylation sites (tertiary alicyclic amines) is 1. The number of aryl methyl sites for hydroxylation is 1. The Kier molecular flexibility index (Phi) is 6.69. The summed E-state index contributed by atoms with van der Waals surface area (Å²) in [5, 5.41) is 15.0. The second-order valence-electron chi connectivity index (χ2n) is 12.7. The van der Waals surface area contributed by atoms with Crippen LogP contribution in [0.4, 0.5) is 15.9 Å². The predicted molar refractivity (Wildman–Crippen MR) is 168 cm³/mol. The highest BCUT2D eigenvalue weighted by Gasteiger charge is 2.37. The minimum absolute atomic E-state index is 0.147. The van der Waals surface area contributed by atoms with E-state index in [0.717, 1.165) is 56.5 Å². The van der Waals surface area contributed by atoms with Gasteiger partial charge in [-0.1, -0.05) is 11.6 Å². The fourth-order valence-corrected chi connectivity index (χ4v) is 7.61. The summed E-state index contributed by atoms with van der Waals surface area (Å²) >= 11 is 6.98. The number of nitrogen functional groups attached to an aromatic ring is 1. The third-order valence-electron chi connectivity index (χ3n) is 10.1. The molecule has 0 radical (unpaired) electrons. The van der Waals surface area contributed by atoms with E-state index in [9.17, 15) is 5.26 Å². The lowest BCUT2D eigenvalue weighted by Crippen LogP contribution is -2.51. The van der Waals surface area contributed by atoms with Crippen molar-refractivity contribution in [3.8, 4) is 23.2 Å². The summed E-state index contributed by atoms with van der Waals surface area (Å²) < 4.78 is 25.3. The molecule has 0 spiro atoms. The molecule has 3 N–H and O–H groups in total. The number of nitrogens with one attached hydrogen (secondary N) is 1. The predicted octanol–water partition coefficient (Wildman–Crippen LogP) is 5.15. The van der Waals surface area contributed by atoms with Crippen LogP contribution < -0.4 is 20.7 Å². The molecule has 0 aliphatic carbocycles. The average molecular weight is 603 g/mol. The van der Waals surface area contributed by atoms with Gasteiger partial charge >= 0.3 is 6.01 Å². The number of aromatic nitrogens is 3. The van der Waals surface area contributed by atoms with Crippen LogP contribution in [0.15, 0.2) is 18.2 Å². The number of benzene rings is 2. The number of hydrogen-bond donors (Lipinski definition) is 2. The molecule has 4 aromatic rings. The molecule has 11 heteroatoms. The van der Waals surface area contributed by atoms with Gasteiger partial charge < -0.3 is 25.3 Å². The lowest BCUT2D eigenvalue weighted by atomic mass is 9.96. The number of likely N-dealkylation sites (N-methyl/N-ethyl adjacent to an activating group) is 1. The second kappa shape index (κ2) is 10.2. The minimum atomic E-state index is -0.569. The Morgan fingerprint density at radius 2 is 1.95 bits per heavy atom. The molecule has 3 aliphatic rings. The summed E-state index contributed by atoms with van der Waals surface area (Å²) in [5.41, 5.74) is 9.10. The Hall–Kier alpha value is -3.65. The normalized spacial score (nSPS) is 23.9. The Bertz CT molecular complexity index is 1820. The van der Waals surface area contributed by atoms with Gasteiger partial charge in [0.05, 0.1) is 27.3 Å². The molecule has 2 aromatic heterocycles. The van der Waals surface area contributed by atoms with Gasteiger partial charge in [-0.15, -0.1) is 0 Å². The van der Waals surface area contributed by atoms with Gasteiger partial charge in [0.2, 0.25) is 0 Å². The maximum atomic E-state index is 17.0. The molecule has 3 saturated heterocycles. The van der Waals surface area contributed by atoms with Gasteiger partial charge in [-0.3, -0.25) is 4.90 Å². The van der Waals surface area contributed by atoms with Crippen LogP contribution in [0.5, 0.6) is 6.01 Å². The second-order valence-corrected chi connectivity index (χ2v) is 13.1. The molecule has 3 aliphatic heterocycles. The lowest BCUT2D eigenvalue weighted by molar-refractivity contribution is 0.108. The summed E-state index contributed by atoms with van der Waals surface area (Å²) in [5.74, 6) is 0.0625. The number of piperazine rings is 1. The highest BCUT2D eigenvalue weighted by Crippen LogP contribution is 2.45. The van der Waals surface area contributed by atoms with Crippen molar-refractivity contribution in [3.63, 3.8) is 0 Å². The Morgan fingerprint density at radius 1 is 1.21 bits per heavy atom. The fraction of sp³-hybridized carbons (Fsp3) is 0.469. The van der Waals surface area contributed by atoms with E-state index < -0.39 is 5.82 Å². The highest BCUT2D eigenvalue weighted by molar-refractivity contribution is 6.35. The van der Waals surface area contributed by atoms with Gasteiger partial charge in [-0.2, -0.15) is 15.2 Å². The molecule has 5 heterocycles. The van der Waals surface area contributed by atoms with Gasteiger partial charge in [0.1, 0.15) is 24.0 Å². The number of ether oxygens (including phenoxy) is 1. The molecule has 3 fully saturated rings. The molecule has 43 heavy (non-hydrogen) atoms. The van der Waals surface area contributed by atoms with Crippen molar-refractivity contribution < 1.29 is 9.13 Å². The summed E-state index contributed by atoms with van der Waals surface area (Å²) in [7, 11) is 3.99. The third-order valence-corrected chi connectivity index (χ3v) is 10.4. The summed E-state index contributed by atoms with van der Waals surface area (Å²) in [6.07, 6.45) is 4.30. The molecule has 3 atom stereocenters. The number of nitrogens with zero attached hydrogens (tertiary/aromatic N) is 6. The lowest BCUT2D eigenvalue weighted by Gasteiger charge is -2.35. The van der Waals surface area contributed by atoms with Crippen LogP contribution in [-0.2, 0) is 7.05 Å². The van der Waals surface area contributed by atoms with E-state index in [-0.39, 0.29) is 27.7 Å². The number of nitriles is 1. The minimum Gasteiger partial charge on any atom is -0.461 e. The molecule has 2 aromatic carbocycles. The van der Waals surface area contributed by atoms with Crippen LogP contribution in [0.25, 0.3) is 32.9 Å². The zero-order valence-electron chi connectivity index (χ0n) is 25.0. The molecule has 9 nitrogen and oxygen atoms in total. The number of hydrogen-bond acceptors (Lipinski definition) is 8. The molecule has 2 bridgehead atoms. The van der Waals surface area contributed by atoms with Gasteiger partial charge in [-0.05, 0) is 71.3 Å². The quantitative estimate of drug-likeness (QED) is 0.302. The van der Waals surface area contributed by atoms with Crippen LogP contribution in [-0.4, -0.2) is 70.3 Å². The topological polar surface area (TPSA) is 108 Å². The maximum Gasteiger partial charge on any atom is 0.319 e. The van der Waals surface area contributed by atoms with Crippen molar-refractivity contribution in [1.82, 2.24) is 24.8 Å². The Morgan fingerprint density at radius 3 is 2.63 bits per heavy atom. The molecule has 2 unspecified atom stereocenters. The molecule has 0 saturated carbocycles. The van der Waals surface area contributed by atoms with Crippen molar-refractivity contribution >= 4 is 44.9 Å². The van der Waals surface area contributed by atoms with E-state index in [1.165, 1.54) is 0 Å². The SMILES string of the molecule is Cc1c(-c2c(Cl)cc3c(N4CC5CCC(C4)N5)nc(OC[C@]4(C)CCCN4C)nc3c2F)c2c(C#N)c(N)ccc2n1C. The standard InChI is InChI=1S/C32H36ClFN8O/c1-17-25(26-21(13-35)23(36)8-9-24(26)41(17)4)27-22(33)12-20-29(28(27)34)38-31(43-16-32(2)10-5-11-40(32)3)39-30(20)42-14-18-6-7-19(15-42)37-18/h8-9,12,18-19,37H,5-7,10-11,14-16,36H2,1-4H3/t18?,19?,32-/m0/s1. The molecule has 224 valence electrons. The van der Waals surface area contributed by atoms with Gasteiger partial charge in [0.25, 0.3) is 0 Å².